The van der Waals surface area contributed by atoms with Gasteiger partial charge in [-0.05, 0) is 12.3 Å². The predicted molar refractivity (Wildman–Crippen MR) is 66.2 cm³/mol. The molecule has 0 fully saturated rings. The van der Waals surface area contributed by atoms with Gasteiger partial charge in [0.05, 0.1) is 6.54 Å². The molecule has 0 bridgehead atoms. The highest BCUT2D eigenvalue weighted by molar-refractivity contribution is 5.87. The lowest BCUT2D eigenvalue weighted by Crippen LogP contribution is -2.33. The molecule has 0 spiro atoms. The Kier molecular flexibility index (Phi) is 7.02. The monoisotopic (exact) mass is 227 g/mol. The molecule has 16 heavy (non-hydrogen) atoms. The molecule has 0 saturated heterocycles. The van der Waals surface area contributed by atoms with E-state index in [9.17, 15) is 9.59 Å². The lowest BCUT2D eigenvalue weighted by Gasteiger charge is -2.17. The molecule has 0 radical (unpaired) electrons. The Labute approximate surface area is 99.2 Å². The van der Waals surface area contributed by atoms with Crippen molar-refractivity contribution < 1.29 is 9.59 Å². The fourth-order valence-corrected chi connectivity index (χ4v) is 1.36. The number of amides is 1. The maximum absolute atomic E-state index is 11.7. The topological polar surface area (TPSA) is 37.4 Å². The van der Waals surface area contributed by atoms with Crippen molar-refractivity contribution in [3.05, 3.63) is 0 Å². The molecule has 0 aliphatic carbocycles. The van der Waals surface area contributed by atoms with Crippen LogP contribution in [0.5, 0.6) is 0 Å². The number of nitrogens with zero attached hydrogens (tertiary/aromatic N) is 1. The van der Waals surface area contributed by atoms with Crippen molar-refractivity contribution in [1.29, 1.82) is 0 Å². The Morgan fingerprint density at radius 2 is 1.69 bits per heavy atom. The molecular weight excluding hydrogens is 202 g/mol. The van der Waals surface area contributed by atoms with Gasteiger partial charge in [0.15, 0.2) is 5.78 Å². The van der Waals surface area contributed by atoms with Gasteiger partial charge in [-0.2, -0.15) is 0 Å². The normalized spacial score (nSPS) is 10.9. The highest BCUT2D eigenvalue weighted by Gasteiger charge is 2.14. The van der Waals surface area contributed by atoms with Gasteiger partial charge >= 0.3 is 0 Å². The summed E-state index contributed by atoms with van der Waals surface area (Å²) in [7, 11) is 1.71. The van der Waals surface area contributed by atoms with Crippen LogP contribution < -0.4 is 0 Å². The van der Waals surface area contributed by atoms with E-state index in [-0.39, 0.29) is 24.2 Å². The predicted octanol–water partition coefficient (Wildman–Crippen LogP) is 2.50. The maximum atomic E-state index is 11.7. The van der Waals surface area contributed by atoms with E-state index in [2.05, 4.69) is 13.8 Å². The Morgan fingerprint density at radius 1 is 1.12 bits per heavy atom. The van der Waals surface area contributed by atoms with Gasteiger partial charge in [0.25, 0.3) is 0 Å². The molecule has 0 N–H and O–H groups in total. The van der Waals surface area contributed by atoms with Gasteiger partial charge in [0.2, 0.25) is 5.91 Å². The number of hydrogen-bond donors (Lipinski definition) is 0. The summed E-state index contributed by atoms with van der Waals surface area (Å²) < 4.78 is 0. The first-order chi connectivity index (χ1) is 7.34. The summed E-state index contributed by atoms with van der Waals surface area (Å²) in [4.78, 5) is 24.6. The van der Waals surface area contributed by atoms with Crippen LogP contribution in [0.4, 0.5) is 0 Å². The first kappa shape index (κ1) is 15.1. The third-order valence-electron chi connectivity index (χ3n) is 2.63. The second-order valence-electron chi connectivity index (χ2n) is 5.16. The van der Waals surface area contributed by atoms with E-state index in [0.717, 1.165) is 12.8 Å². The summed E-state index contributed by atoms with van der Waals surface area (Å²) in [6.45, 7) is 8.27. The van der Waals surface area contributed by atoms with Gasteiger partial charge in [-0.25, -0.2) is 0 Å². The SMILES string of the molecule is CC(C)CCCC(=O)N(C)CC(=O)C(C)C. The first-order valence-corrected chi connectivity index (χ1v) is 6.11. The summed E-state index contributed by atoms with van der Waals surface area (Å²) in [5.41, 5.74) is 0. The summed E-state index contributed by atoms with van der Waals surface area (Å²) in [6, 6.07) is 0. The molecule has 3 nitrogen and oxygen atoms in total. The zero-order valence-corrected chi connectivity index (χ0v) is 11.2. The molecule has 0 aliphatic heterocycles. The number of carbonyl (C=O) groups is 2. The third kappa shape index (κ3) is 6.59. The van der Waals surface area contributed by atoms with Crippen LogP contribution in [0.25, 0.3) is 0 Å². The van der Waals surface area contributed by atoms with Gasteiger partial charge in [-0.3, -0.25) is 9.59 Å². The lowest BCUT2D eigenvalue weighted by molar-refractivity contribution is -0.135. The van der Waals surface area contributed by atoms with E-state index in [4.69, 9.17) is 0 Å². The van der Waals surface area contributed by atoms with E-state index in [1.807, 2.05) is 13.8 Å². The van der Waals surface area contributed by atoms with Crippen LogP contribution in [0.2, 0.25) is 0 Å². The average Bonchev–Trinajstić information content (AvgIpc) is 2.16. The minimum absolute atomic E-state index is 0.00548. The van der Waals surface area contributed by atoms with E-state index in [0.29, 0.717) is 12.3 Å². The van der Waals surface area contributed by atoms with E-state index in [1.165, 1.54) is 0 Å². The molecule has 0 aromatic rings. The summed E-state index contributed by atoms with van der Waals surface area (Å²) in [5.74, 6) is 0.843. The molecule has 0 aromatic carbocycles. The van der Waals surface area contributed by atoms with Crippen molar-refractivity contribution in [2.45, 2.75) is 47.0 Å². The van der Waals surface area contributed by atoms with Gasteiger partial charge in [0, 0.05) is 19.4 Å². The fraction of sp³-hybridized carbons (Fsp3) is 0.846. The van der Waals surface area contributed by atoms with Crippen LogP contribution in [-0.4, -0.2) is 30.2 Å². The standard InChI is InChI=1S/C13H25NO2/c1-10(2)7-6-8-13(16)14(5)9-12(15)11(3)4/h10-11H,6-9H2,1-5H3. The van der Waals surface area contributed by atoms with Gasteiger partial charge in [-0.1, -0.05) is 34.1 Å². The molecule has 0 unspecified atom stereocenters. The number of likely N-dealkylation sites (N-methyl/N-ethyl adjacent to an activating group) is 1. The second kappa shape index (κ2) is 7.42. The number of Topliss-reactive ketones (excluding diaryl/α,β-unsaturated/α-hetero) is 1. The molecule has 0 aromatic heterocycles. The van der Waals surface area contributed by atoms with Crippen LogP contribution in [-0.2, 0) is 9.59 Å². The summed E-state index contributed by atoms with van der Waals surface area (Å²) >= 11 is 0. The molecule has 0 saturated carbocycles. The highest BCUT2D eigenvalue weighted by atomic mass is 16.2. The number of carbonyl (C=O) groups excluding carboxylic acids is 2. The average molecular weight is 227 g/mol. The van der Waals surface area contributed by atoms with Crippen molar-refractivity contribution in [2.75, 3.05) is 13.6 Å². The van der Waals surface area contributed by atoms with E-state index < -0.39 is 0 Å². The van der Waals surface area contributed by atoms with Crippen molar-refractivity contribution in [1.82, 2.24) is 4.90 Å². The maximum Gasteiger partial charge on any atom is 0.222 e. The largest absolute Gasteiger partial charge is 0.338 e. The van der Waals surface area contributed by atoms with Crippen LogP contribution in [0.3, 0.4) is 0 Å². The summed E-state index contributed by atoms with van der Waals surface area (Å²) in [5, 5.41) is 0. The minimum Gasteiger partial charge on any atom is -0.338 e. The van der Waals surface area contributed by atoms with E-state index in [1.54, 1.807) is 11.9 Å². The number of hydrogen-bond acceptors (Lipinski definition) is 2. The Balaban J connectivity index is 3.86. The quantitative estimate of drug-likeness (QED) is 0.670. The molecular formula is C13H25NO2. The number of ketones is 1. The minimum atomic E-state index is 0.00548. The zero-order chi connectivity index (χ0) is 12.7. The Bertz CT molecular complexity index is 234. The molecule has 0 heterocycles. The summed E-state index contributed by atoms with van der Waals surface area (Å²) in [6.07, 6.45) is 2.54. The van der Waals surface area contributed by atoms with Crippen LogP contribution in [0, 0.1) is 11.8 Å². The fourth-order valence-electron chi connectivity index (χ4n) is 1.36. The van der Waals surface area contributed by atoms with Crippen LogP contribution >= 0.6 is 0 Å². The molecule has 0 rings (SSSR count). The van der Waals surface area contributed by atoms with Crippen molar-refractivity contribution in [2.24, 2.45) is 11.8 Å². The molecule has 1 amide bonds. The third-order valence-corrected chi connectivity index (χ3v) is 2.63. The lowest BCUT2D eigenvalue weighted by atomic mass is 10.1. The zero-order valence-electron chi connectivity index (χ0n) is 11.2. The molecule has 0 aliphatic rings. The van der Waals surface area contributed by atoms with Gasteiger partial charge in [-0.15, -0.1) is 0 Å². The molecule has 3 heteroatoms. The Hall–Kier alpha value is -0.860. The second-order valence-corrected chi connectivity index (χ2v) is 5.16. The molecule has 0 atom stereocenters. The smallest absolute Gasteiger partial charge is 0.222 e. The highest BCUT2D eigenvalue weighted by Crippen LogP contribution is 2.07. The van der Waals surface area contributed by atoms with Gasteiger partial charge < -0.3 is 4.90 Å². The van der Waals surface area contributed by atoms with Crippen LogP contribution in [0.15, 0.2) is 0 Å². The molecule has 94 valence electrons. The van der Waals surface area contributed by atoms with Crippen molar-refractivity contribution in [3.63, 3.8) is 0 Å². The Morgan fingerprint density at radius 3 is 2.12 bits per heavy atom. The van der Waals surface area contributed by atoms with Crippen molar-refractivity contribution >= 4 is 11.7 Å². The number of rotatable bonds is 7. The van der Waals surface area contributed by atoms with Crippen LogP contribution in [0.1, 0.15) is 47.0 Å². The van der Waals surface area contributed by atoms with E-state index >= 15 is 0 Å². The first-order valence-electron chi connectivity index (χ1n) is 6.11. The van der Waals surface area contributed by atoms with Crippen molar-refractivity contribution in [3.8, 4) is 0 Å². The van der Waals surface area contributed by atoms with Gasteiger partial charge in [0.1, 0.15) is 0 Å².